The Morgan fingerprint density at radius 2 is 1.70 bits per heavy atom. The van der Waals surface area contributed by atoms with Crippen molar-refractivity contribution in [2.75, 3.05) is 10.6 Å². The fourth-order valence-corrected chi connectivity index (χ4v) is 2.95. The third-order valence-corrected chi connectivity index (χ3v) is 4.57. The van der Waals surface area contributed by atoms with Crippen LogP contribution in [0.2, 0.25) is 0 Å². The number of hydrogen-bond acceptors (Lipinski definition) is 5. The van der Waals surface area contributed by atoms with Gasteiger partial charge < -0.3 is 10.6 Å². The zero-order chi connectivity index (χ0) is 23.8. The van der Waals surface area contributed by atoms with Crippen LogP contribution in [0, 0.1) is 12.7 Å². The molecule has 2 amide bonds. The van der Waals surface area contributed by atoms with Gasteiger partial charge in [-0.25, -0.2) is 13.9 Å². The van der Waals surface area contributed by atoms with Gasteiger partial charge in [-0.2, -0.15) is 18.2 Å². The Kier molecular flexibility index (Phi) is 5.50. The molecule has 0 radical (unpaired) electrons. The minimum Gasteiger partial charge on any atom is -0.322 e. The Morgan fingerprint density at radius 1 is 0.970 bits per heavy atom. The van der Waals surface area contributed by atoms with Crippen molar-refractivity contribution in [2.45, 2.75) is 13.1 Å². The molecule has 8 nitrogen and oxygen atoms in total. The lowest BCUT2D eigenvalue weighted by molar-refractivity contribution is -0.136. The van der Waals surface area contributed by atoms with Crippen LogP contribution in [-0.4, -0.2) is 31.4 Å². The number of alkyl halides is 3. The van der Waals surface area contributed by atoms with Gasteiger partial charge in [0.2, 0.25) is 5.82 Å². The van der Waals surface area contributed by atoms with E-state index in [2.05, 4.69) is 25.7 Å². The van der Waals surface area contributed by atoms with Crippen LogP contribution < -0.4 is 10.6 Å². The lowest BCUT2D eigenvalue weighted by Crippen LogP contribution is -2.19. The van der Waals surface area contributed by atoms with Crippen molar-refractivity contribution in [2.24, 2.45) is 0 Å². The van der Waals surface area contributed by atoms with Gasteiger partial charge in [-0.3, -0.25) is 9.59 Å². The van der Waals surface area contributed by atoms with Gasteiger partial charge in [0.05, 0.1) is 11.3 Å². The summed E-state index contributed by atoms with van der Waals surface area (Å²) < 4.78 is 55.3. The maximum Gasteiger partial charge on any atom is 0.418 e. The van der Waals surface area contributed by atoms with E-state index in [4.69, 9.17) is 0 Å². The molecule has 2 aromatic carbocycles. The molecule has 0 aliphatic heterocycles. The zero-order valence-corrected chi connectivity index (χ0v) is 16.8. The molecule has 4 aromatic rings. The van der Waals surface area contributed by atoms with Crippen LogP contribution in [0.15, 0.2) is 54.7 Å². The molecule has 0 bridgehead atoms. The highest BCUT2D eigenvalue weighted by atomic mass is 19.4. The van der Waals surface area contributed by atoms with Crippen molar-refractivity contribution in [3.05, 3.63) is 83.2 Å². The Bertz CT molecular complexity index is 1370. The van der Waals surface area contributed by atoms with Gasteiger partial charge in [-0.1, -0.05) is 0 Å². The SMILES string of the molecule is Cc1ccnc2nc(C(=O)Nc3ccc(NC(=O)c4ccc(F)cc4)cc3C(F)(F)F)nn12. The first-order valence-corrected chi connectivity index (χ1v) is 9.40. The molecule has 0 fully saturated rings. The second-order valence-electron chi connectivity index (χ2n) is 6.91. The molecule has 0 unspecified atom stereocenters. The van der Waals surface area contributed by atoms with Gasteiger partial charge in [0, 0.05) is 23.1 Å². The first-order chi connectivity index (χ1) is 15.6. The predicted molar refractivity (Wildman–Crippen MR) is 109 cm³/mol. The van der Waals surface area contributed by atoms with Crippen LogP contribution in [0.25, 0.3) is 5.78 Å². The number of nitrogens with zero attached hydrogens (tertiary/aromatic N) is 4. The monoisotopic (exact) mass is 458 g/mol. The van der Waals surface area contributed by atoms with Gasteiger partial charge >= 0.3 is 6.18 Å². The van der Waals surface area contributed by atoms with Crippen molar-refractivity contribution in [1.82, 2.24) is 19.6 Å². The number of aromatic nitrogens is 4. The highest BCUT2D eigenvalue weighted by molar-refractivity contribution is 6.05. The molecule has 12 heteroatoms. The van der Waals surface area contributed by atoms with Crippen molar-refractivity contribution in [3.8, 4) is 0 Å². The number of amides is 2. The highest BCUT2D eigenvalue weighted by Gasteiger charge is 2.35. The number of carbonyl (C=O) groups excluding carboxylic acids is 2. The summed E-state index contributed by atoms with van der Waals surface area (Å²) in [6.07, 6.45) is -3.38. The Morgan fingerprint density at radius 3 is 2.36 bits per heavy atom. The third kappa shape index (κ3) is 4.63. The number of fused-ring (bicyclic) bond motifs is 1. The van der Waals surface area contributed by atoms with Crippen LogP contribution in [-0.2, 0) is 6.18 Å². The quantitative estimate of drug-likeness (QED) is 0.449. The van der Waals surface area contributed by atoms with Crippen molar-refractivity contribution in [3.63, 3.8) is 0 Å². The summed E-state index contributed by atoms with van der Waals surface area (Å²) in [6.45, 7) is 1.70. The van der Waals surface area contributed by atoms with E-state index in [9.17, 15) is 27.2 Å². The summed E-state index contributed by atoms with van der Waals surface area (Å²) >= 11 is 0. The lowest BCUT2D eigenvalue weighted by Gasteiger charge is -2.15. The molecule has 0 saturated carbocycles. The molecule has 0 aliphatic rings. The maximum absolute atomic E-state index is 13.7. The number of nitrogens with one attached hydrogen (secondary N) is 2. The summed E-state index contributed by atoms with van der Waals surface area (Å²) in [4.78, 5) is 32.6. The normalized spacial score (nSPS) is 11.4. The molecule has 33 heavy (non-hydrogen) atoms. The molecule has 0 atom stereocenters. The Labute approximate surface area is 183 Å². The molecule has 4 rings (SSSR count). The number of hydrogen-bond donors (Lipinski definition) is 2. The minimum atomic E-state index is -4.84. The van der Waals surface area contributed by atoms with E-state index in [1.165, 1.54) is 28.9 Å². The largest absolute Gasteiger partial charge is 0.418 e. The number of benzene rings is 2. The maximum atomic E-state index is 13.7. The standard InChI is InChI=1S/C21H14F4N6O2/c1-11-8-9-26-20-29-17(30-31(11)20)19(33)28-16-7-6-14(10-15(16)21(23,24)25)27-18(32)12-2-4-13(22)5-3-12/h2-10H,1H3,(H,27,32)(H,28,33). The summed E-state index contributed by atoms with van der Waals surface area (Å²) in [5, 5.41) is 8.43. The number of aryl methyl sites for hydroxylation is 1. The van der Waals surface area contributed by atoms with E-state index in [1.54, 1.807) is 13.0 Å². The summed E-state index contributed by atoms with van der Waals surface area (Å²) in [5.74, 6) is -2.49. The Hall–Kier alpha value is -4.35. The fourth-order valence-electron chi connectivity index (χ4n) is 2.95. The summed E-state index contributed by atoms with van der Waals surface area (Å²) in [5.41, 5.74) is -1.21. The first kappa shape index (κ1) is 21.9. The van der Waals surface area contributed by atoms with Crippen molar-refractivity contribution in [1.29, 1.82) is 0 Å². The van der Waals surface area contributed by atoms with E-state index >= 15 is 0 Å². The molecule has 0 saturated heterocycles. The summed E-state index contributed by atoms with van der Waals surface area (Å²) in [7, 11) is 0. The second kappa shape index (κ2) is 8.30. The van der Waals surface area contributed by atoms with Gasteiger partial charge in [-0.15, -0.1) is 5.10 Å². The molecule has 0 spiro atoms. The first-order valence-electron chi connectivity index (χ1n) is 9.40. The van der Waals surface area contributed by atoms with Crippen LogP contribution in [0.5, 0.6) is 0 Å². The number of carbonyl (C=O) groups is 2. The number of halogens is 4. The van der Waals surface area contributed by atoms with Gasteiger partial charge in [0.25, 0.3) is 17.6 Å². The van der Waals surface area contributed by atoms with Gasteiger partial charge in [0.1, 0.15) is 5.82 Å². The third-order valence-electron chi connectivity index (χ3n) is 4.57. The van der Waals surface area contributed by atoms with E-state index in [1.807, 2.05) is 0 Å². The second-order valence-corrected chi connectivity index (χ2v) is 6.91. The molecular weight excluding hydrogens is 444 g/mol. The van der Waals surface area contributed by atoms with Crippen molar-refractivity contribution < 1.29 is 27.2 Å². The van der Waals surface area contributed by atoms with Crippen LogP contribution in [0.4, 0.5) is 28.9 Å². The number of anilines is 2. The highest BCUT2D eigenvalue weighted by Crippen LogP contribution is 2.37. The van der Waals surface area contributed by atoms with Gasteiger partial charge in [-0.05, 0) is 55.5 Å². The zero-order valence-electron chi connectivity index (χ0n) is 16.8. The molecular formula is C21H14F4N6O2. The van der Waals surface area contributed by atoms with E-state index in [0.717, 1.165) is 18.2 Å². The average molecular weight is 458 g/mol. The molecule has 168 valence electrons. The summed E-state index contributed by atoms with van der Waals surface area (Å²) in [6, 6.07) is 9.00. The molecule has 2 heterocycles. The minimum absolute atomic E-state index is 0.0594. The van der Waals surface area contributed by atoms with Crippen LogP contribution in [0.1, 0.15) is 32.2 Å². The predicted octanol–water partition coefficient (Wildman–Crippen LogP) is 4.10. The van der Waals surface area contributed by atoms with Crippen LogP contribution in [0.3, 0.4) is 0 Å². The van der Waals surface area contributed by atoms with E-state index in [-0.39, 0.29) is 22.9 Å². The average Bonchev–Trinajstić information content (AvgIpc) is 3.20. The number of rotatable bonds is 4. The van der Waals surface area contributed by atoms with Crippen molar-refractivity contribution >= 4 is 29.0 Å². The molecule has 2 N–H and O–H groups in total. The van der Waals surface area contributed by atoms with E-state index in [0.29, 0.717) is 11.8 Å². The smallest absolute Gasteiger partial charge is 0.322 e. The fraction of sp³-hybridized carbons (Fsp3) is 0.0952. The lowest BCUT2D eigenvalue weighted by atomic mass is 10.1. The van der Waals surface area contributed by atoms with E-state index < -0.39 is 35.1 Å². The van der Waals surface area contributed by atoms with Gasteiger partial charge in [0.15, 0.2) is 0 Å². The molecule has 0 aliphatic carbocycles. The van der Waals surface area contributed by atoms with Crippen LogP contribution >= 0.6 is 0 Å². The topological polar surface area (TPSA) is 101 Å². The molecule has 2 aromatic heterocycles. The Balaban J connectivity index is 1.60.